The number of piperazine rings is 1. The zero-order valence-electron chi connectivity index (χ0n) is 26.0. The van der Waals surface area contributed by atoms with Crippen LogP contribution in [0.2, 0.25) is 0 Å². The lowest BCUT2D eigenvalue weighted by molar-refractivity contribution is -0.128. The number of benzene rings is 2. The SMILES string of the molecule is C=CC(=O)N1CCN(c2c(C#N)c(N3CCC(N(C)C)C3)nc3c2CCN(c2cccc4cccc(C)c24)C3)CC1CC#N. The van der Waals surface area contributed by atoms with E-state index in [2.05, 4.69) is 95.7 Å². The molecule has 0 saturated carbocycles. The molecule has 226 valence electrons. The van der Waals surface area contributed by atoms with E-state index in [1.54, 1.807) is 4.90 Å². The predicted octanol–water partition coefficient (Wildman–Crippen LogP) is 4.23. The lowest BCUT2D eigenvalue weighted by Crippen LogP contribution is -2.55. The van der Waals surface area contributed by atoms with Crippen molar-refractivity contribution in [1.29, 1.82) is 10.5 Å². The van der Waals surface area contributed by atoms with Crippen LogP contribution in [0.15, 0.2) is 49.1 Å². The number of carbonyl (C=O) groups is 1. The van der Waals surface area contributed by atoms with Gasteiger partial charge in [-0.1, -0.05) is 36.9 Å². The number of fused-ring (bicyclic) bond motifs is 2. The smallest absolute Gasteiger partial charge is 0.246 e. The zero-order valence-corrected chi connectivity index (χ0v) is 26.0. The zero-order chi connectivity index (χ0) is 31.0. The molecule has 2 saturated heterocycles. The van der Waals surface area contributed by atoms with Gasteiger partial charge < -0.3 is 24.5 Å². The third kappa shape index (κ3) is 5.22. The summed E-state index contributed by atoms with van der Waals surface area (Å²) in [5.74, 6) is 0.596. The van der Waals surface area contributed by atoms with Crippen molar-refractivity contribution in [3.63, 3.8) is 0 Å². The van der Waals surface area contributed by atoms with Gasteiger partial charge in [0.15, 0.2) is 0 Å². The highest BCUT2D eigenvalue weighted by Crippen LogP contribution is 2.41. The molecule has 2 fully saturated rings. The van der Waals surface area contributed by atoms with E-state index in [0.29, 0.717) is 37.8 Å². The van der Waals surface area contributed by atoms with Crippen LogP contribution < -0.4 is 14.7 Å². The first kappa shape index (κ1) is 29.5. The van der Waals surface area contributed by atoms with E-state index in [1.807, 2.05) is 0 Å². The van der Waals surface area contributed by atoms with E-state index < -0.39 is 0 Å². The maximum absolute atomic E-state index is 12.7. The second-order valence-electron chi connectivity index (χ2n) is 12.4. The van der Waals surface area contributed by atoms with Crippen LogP contribution in [0.3, 0.4) is 0 Å². The fourth-order valence-corrected chi connectivity index (χ4v) is 7.30. The number of hydrogen-bond acceptors (Lipinski definition) is 8. The molecule has 1 amide bonds. The van der Waals surface area contributed by atoms with E-state index in [9.17, 15) is 15.3 Å². The molecule has 3 aromatic rings. The molecule has 0 aliphatic carbocycles. The van der Waals surface area contributed by atoms with E-state index >= 15 is 0 Å². The summed E-state index contributed by atoms with van der Waals surface area (Å²) < 4.78 is 0. The molecule has 6 rings (SSSR count). The van der Waals surface area contributed by atoms with Crippen molar-refractivity contribution in [2.45, 2.75) is 44.8 Å². The molecule has 3 aliphatic heterocycles. The number of rotatable bonds is 6. The summed E-state index contributed by atoms with van der Waals surface area (Å²) in [7, 11) is 4.21. The first-order chi connectivity index (χ1) is 21.3. The summed E-state index contributed by atoms with van der Waals surface area (Å²) in [6.45, 7) is 10.5. The number of nitrogens with zero attached hydrogens (tertiary/aromatic N) is 8. The highest BCUT2D eigenvalue weighted by Gasteiger charge is 2.36. The van der Waals surface area contributed by atoms with Gasteiger partial charge in [-0.25, -0.2) is 4.98 Å². The van der Waals surface area contributed by atoms with Crippen molar-refractivity contribution < 1.29 is 4.79 Å². The Kier molecular flexibility index (Phi) is 8.16. The maximum atomic E-state index is 12.7. The molecule has 9 heteroatoms. The van der Waals surface area contributed by atoms with Crippen molar-refractivity contribution in [3.05, 3.63) is 71.4 Å². The molecule has 2 aromatic carbocycles. The van der Waals surface area contributed by atoms with Gasteiger partial charge >= 0.3 is 0 Å². The van der Waals surface area contributed by atoms with Gasteiger partial charge in [0.1, 0.15) is 17.5 Å². The van der Waals surface area contributed by atoms with Gasteiger partial charge in [-0.05, 0) is 57.0 Å². The molecule has 0 spiro atoms. The quantitative estimate of drug-likeness (QED) is 0.395. The molecule has 0 N–H and O–H groups in total. The van der Waals surface area contributed by atoms with Crippen LogP contribution in [0.25, 0.3) is 10.8 Å². The number of pyridine rings is 1. The summed E-state index contributed by atoms with van der Waals surface area (Å²) in [5, 5.41) is 22.8. The number of likely N-dealkylation sites (N-methyl/N-ethyl adjacent to an activating group) is 1. The van der Waals surface area contributed by atoms with Crippen molar-refractivity contribution in [2.75, 3.05) is 68.1 Å². The molecule has 9 nitrogen and oxygen atoms in total. The Labute approximate surface area is 260 Å². The molecule has 4 heterocycles. The molecular formula is C35H40N8O. The summed E-state index contributed by atoms with van der Waals surface area (Å²) in [5.41, 5.74) is 6.11. The molecule has 2 atom stereocenters. The van der Waals surface area contributed by atoms with Crippen LogP contribution in [-0.2, 0) is 17.8 Å². The van der Waals surface area contributed by atoms with Crippen LogP contribution in [-0.4, -0.2) is 86.1 Å². The third-order valence-corrected chi connectivity index (χ3v) is 9.63. The van der Waals surface area contributed by atoms with E-state index in [0.717, 1.165) is 55.2 Å². The summed E-state index contributed by atoms with van der Waals surface area (Å²) in [6.07, 6.45) is 3.32. The number of anilines is 3. The number of nitriles is 2. The first-order valence-corrected chi connectivity index (χ1v) is 15.5. The number of aryl methyl sites for hydroxylation is 1. The van der Waals surface area contributed by atoms with Gasteiger partial charge in [0.2, 0.25) is 5.91 Å². The predicted molar refractivity (Wildman–Crippen MR) is 175 cm³/mol. The highest BCUT2D eigenvalue weighted by molar-refractivity contribution is 5.97. The summed E-state index contributed by atoms with van der Waals surface area (Å²) in [4.78, 5) is 28.9. The van der Waals surface area contributed by atoms with Crippen LogP contribution >= 0.6 is 0 Å². The Morgan fingerprint density at radius 3 is 2.57 bits per heavy atom. The fourth-order valence-electron chi connectivity index (χ4n) is 7.30. The monoisotopic (exact) mass is 588 g/mol. The standard InChI is InChI=1S/C35H40N8O/c1-5-32(44)43-19-18-41(22-27(43)12-15-36)34-28-14-17-40(31-11-7-10-25-9-6-8-24(2)33(25)31)23-30(28)38-35(29(34)20-37)42-16-13-26(21-42)39(3)4/h5-11,26-27H,1,12-14,16-19,21-23H2,2-4H3. The van der Waals surface area contributed by atoms with Crippen molar-refractivity contribution >= 4 is 33.9 Å². The van der Waals surface area contributed by atoms with E-state index in [4.69, 9.17) is 4.98 Å². The van der Waals surface area contributed by atoms with E-state index in [1.165, 1.54) is 28.1 Å². The summed E-state index contributed by atoms with van der Waals surface area (Å²) in [6, 6.07) is 17.9. The van der Waals surface area contributed by atoms with E-state index in [-0.39, 0.29) is 18.4 Å². The number of amides is 1. The van der Waals surface area contributed by atoms with Crippen LogP contribution in [0.1, 0.15) is 35.2 Å². The van der Waals surface area contributed by atoms with Gasteiger partial charge in [-0.15, -0.1) is 0 Å². The molecule has 0 radical (unpaired) electrons. The minimum atomic E-state index is -0.276. The summed E-state index contributed by atoms with van der Waals surface area (Å²) >= 11 is 0. The average molecular weight is 589 g/mol. The van der Waals surface area contributed by atoms with Gasteiger partial charge in [0, 0.05) is 61.9 Å². The van der Waals surface area contributed by atoms with Crippen molar-refractivity contribution in [1.82, 2.24) is 14.8 Å². The van der Waals surface area contributed by atoms with Crippen molar-refractivity contribution in [2.24, 2.45) is 0 Å². The minimum Gasteiger partial charge on any atom is -0.366 e. The number of aromatic nitrogens is 1. The second kappa shape index (κ2) is 12.2. The van der Waals surface area contributed by atoms with Gasteiger partial charge in [-0.2, -0.15) is 10.5 Å². The lowest BCUT2D eigenvalue weighted by atomic mass is 9.95. The highest BCUT2D eigenvalue weighted by atomic mass is 16.2. The molecule has 44 heavy (non-hydrogen) atoms. The van der Waals surface area contributed by atoms with Gasteiger partial charge in [0.25, 0.3) is 0 Å². The van der Waals surface area contributed by atoms with Crippen LogP contribution in [0, 0.1) is 29.6 Å². The topological polar surface area (TPSA) is 93.7 Å². The average Bonchev–Trinajstić information content (AvgIpc) is 3.54. The van der Waals surface area contributed by atoms with Crippen LogP contribution in [0.5, 0.6) is 0 Å². The van der Waals surface area contributed by atoms with Gasteiger partial charge in [-0.3, -0.25) is 4.79 Å². The Bertz CT molecular complexity index is 1680. The van der Waals surface area contributed by atoms with Crippen molar-refractivity contribution in [3.8, 4) is 12.1 Å². The molecule has 0 bridgehead atoms. The first-order valence-electron chi connectivity index (χ1n) is 15.5. The Hall–Kier alpha value is -4.60. The molecular weight excluding hydrogens is 548 g/mol. The third-order valence-electron chi connectivity index (χ3n) is 9.63. The maximum Gasteiger partial charge on any atom is 0.246 e. The number of carbonyl (C=O) groups excluding carboxylic acids is 1. The Balaban J connectivity index is 1.45. The fraction of sp³-hybridized carbons (Fsp3) is 0.429. The lowest BCUT2D eigenvalue weighted by Gasteiger charge is -2.43. The molecule has 1 aromatic heterocycles. The number of hydrogen-bond donors (Lipinski definition) is 0. The molecule has 2 unspecified atom stereocenters. The normalized spacial score (nSPS) is 20.0. The molecule has 3 aliphatic rings. The minimum absolute atomic E-state index is 0.157. The Morgan fingerprint density at radius 1 is 1.07 bits per heavy atom. The van der Waals surface area contributed by atoms with Gasteiger partial charge in [0.05, 0.1) is 36.5 Å². The second-order valence-corrected chi connectivity index (χ2v) is 12.4. The Morgan fingerprint density at radius 2 is 1.86 bits per heavy atom. The largest absolute Gasteiger partial charge is 0.366 e. The van der Waals surface area contributed by atoms with Crippen LogP contribution in [0.4, 0.5) is 17.2 Å².